The van der Waals surface area contributed by atoms with Crippen molar-refractivity contribution in [2.45, 2.75) is 0 Å². The fraction of sp³-hybridized carbons (Fsp3) is 0. The zero-order chi connectivity index (χ0) is 12.5. The van der Waals surface area contributed by atoms with Crippen molar-refractivity contribution in [3.05, 3.63) is 77.9 Å². The Bertz CT molecular complexity index is 488. The van der Waals surface area contributed by atoms with Gasteiger partial charge < -0.3 is 0 Å². The second-order valence-electron chi connectivity index (χ2n) is 3.69. The molecule has 2 nitrogen and oxygen atoms in total. The molecule has 0 radical (unpaired) electrons. The normalized spacial score (nSPS) is 11.8. The van der Waals surface area contributed by atoms with E-state index in [2.05, 4.69) is 10.2 Å². The molecular weight excluding hydrogens is 220 g/mol. The van der Waals surface area contributed by atoms with Crippen LogP contribution in [-0.2, 0) is 0 Å². The first-order chi connectivity index (χ1) is 8.95. The van der Waals surface area contributed by atoms with Crippen LogP contribution < -0.4 is 0 Å². The van der Waals surface area contributed by atoms with Crippen LogP contribution in [0, 0.1) is 0 Å². The van der Waals surface area contributed by atoms with Gasteiger partial charge in [-0.2, -0.15) is 10.2 Å². The minimum absolute atomic E-state index is 1.04. The maximum absolute atomic E-state index is 3.97. The number of rotatable bonds is 4. The second-order valence-corrected chi connectivity index (χ2v) is 3.69. The van der Waals surface area contributed by atoms with Crippen LogP contribution in [0.5, 0.6) is 0 Å². The molecular formula is C16H14N2. The Hall–Kier alpha value is -2.48. The number of allylic oxidation sites excluding steroid dienone is 1. The summed E-state index contributed by atoms with van der Waals surface area (Å²) in [5.41, 5.74) is 2.19. The molecule has 0 saturated heterocycles. The zero-order valence-electron chi connectivity index (χ0n) is 9.98. The van der Waals surface area contributed by atoms with Gasteiger partial charge in [-0.25, -0.2) is 0 Å². The first-order valence-electron chi connectivity index (χ1n) is 5.78. The molecule has 0 aliphatic heterocycles. The summed E-state index contributed by atoms with van der Waals surface area (Å²) >= 11 is 0. The molecule has 0 bridgehead atoms. The molecule has 0 amide bonds. The smallest absolute Gasteiger partial charge is 0.0568 e. The Balaban J connectivity index is 1.86. The molecule has 0 N–H and O–H groups in total. The van der Waals surface area contributed by atoms with E-state index in [1.165, 1.54) is 0 Å². The van der Waals surface area contributed by atoms with Crippen LogP contribution in [0.1, 0.15) is 11.1 Å². The van der Waals surface area contributed by atoms with Crippen molar-refractivity contribution in [3.63, 3.8) is 0 Å². The summed E-state index contributed by atoms with van der Waals surface area (Å²) in [6.07, 6.45) is 7.26. The monoisotopic (exact) mass is 234 g/mol. The van der Waals surface area contributed by atoms with Crippen LogP contribution >= 0.6 is 0 Å². The van der Waals surface area contributed by atoms with Crippen molar-refractivity contribution in [3.8, 4) is 0 Å². The molecule has 0 spiro atoms. The van der Waals surface area contributed by atoms with Crippen LogP contribution in [0.15, 0.2) is 76.9 Å². The highest BCUT2D eigenvalue weighted by atomic mass is 15.2. The van der Waals surface area contributed by atoms with Gasteiger partial charge in [-0.1, -0.05) is 66.7 Å². The summed E-state index contributed by atoms with van der Waals surface area (Å²) in [5, 5.41) is 7.91. The van der Waals surface area contributed by atoms with E-state index in [4.69, 9.17) is 0 Å². The van der Waals surface area contributed by atoms with Crippen molar-refractivity contribution < 1.29 is 0 Å². The molecule has 0 unspecified atom stereocenters. The molecule has 0 aliphatic rings. The summed E-state index contributed by atoms with van der Waals surface area (Å²) < 4.78 is 0. The van der Waals surface area contributed by atoms with E-state index >= 15 is 0 Å². The van der Waals surface area contributed by atoms with Gasteiger partial charge in [0.15, 0.2) is 0 Å². The van der Waals surface area contributed by atoms with Gasteiger partial charge in [-0.15, -0.1) is 0 Å². The predicted octanol–water partition coefficient (Wildman–Crippen LogP) is 3.80. The van der Waals surface area contributed by atoms with Gasteiger partial charge in [0.2, 0.25) is 0 Å². The highest BCUT2D eigenvalue weighted by Crippen LogP contribution is 1.99. The lowest BCUT2D eigenvalue weighted by atomic mass is 10.2. The van der Waals surface area contributed by atoms with Crippen LogP contribution in [0.2, 0.25) is 0 Å². The molecule has 0 aliphatic carbocycles. The minimum Gasteiger partial charge on any atom is -0.159 e. The Morgan fingerprint density at radius 2 is 1.28 bits per heavy atom. The Kier molecular flexibility index (Phi) is 4.64. The average molecular weight is 234 g/mol. The van der Waals surface area contributed by atoms with Gasteiger partial charge in [0.25, 0.3) is 0 Å². The van der Waals surface area contributed by atoms with Gasteiger partial charge in [0.1, 0.15) is 0 Å². The zero-order valence-corrected chi connectivity index (χ0v) is 9.98. The van der Waals surface area contributed by atoms with Crippen molar-refractivity contribution in [2.24, 2.45) is 10.2 Å². The molecule has 2 rings (SSSR count). The first kappa shape index (κ1) is 12.0. The quantitative estimate of drug-likeness (QED) is 0.568. The third kappa shape index (κ3) is 4.18. The molecule has 2 aromatic rings. The molecule has 18 heavy (non-hydrogen) atoms. The maximum Gasteiger partial charge on any atom is 0.0568 e. The van der Waals surface area contributed by atoms with Crippen LogP contribution in [0.4, 0.5) is 0 Å². The lowest BCUT2D eigenvalue weighted by Gasteiger charge is -1.88. The molecule has 0 saturated carbocycles. The van der Waals surface area contributed by atoms with Gasteiger partial charge in [-0.3, -0.25) is 0 Å². The fourth-order valence-corrected chi connectivity index (χ4v) is 1.43. The van der Waals surface area contributed by atoms with Crippen molar-refractivity contribution in [1.82, 2.24) is 0 Å². The molecule has 0 heterocycles. The summed E-state index contributed by atoms with van der Waals surface area (Å²) in [5.74, 6) is 0. The van der Waals surface area contributed by atoms with E-state index in [-0.39, 0.29) is 0 Å². The summed E-state index contributed by atoms with van der Waals surface area (Å²) in [6.45, 7) is 0. The van der Waals surface area contributed by atoms with Crippen molar-refractivity contribution >= 4 is 18.5 Å². The summed E-state index contributed by atoms with van der Waals surface area (Å²) in [7, 11) is 0. The molecule has 0 fully saturated rings. The third-order valence-corrected chi connectivity index (χ3v) is 2.31. The van der Waals surface area contributed by atoms with E-state index < -0.39 is 0 Å². The maximum atomic E-state index is 3.97. The van der Waals surface area contributed by atoms with E-state index in [1.807, 2.05) is 72.8 Å². The van der Waals surface area contributed by atoms with E-state index in [1.54, 1.807) is 12.4 Å². The topological polar surface area (TPSA) is 24.7 Å². The van der Waals surface area contributed by atoms with Gasteiger partial charge in [0, 0.05) is 6.21 Å². The molecule has 2 aromatic carbocycles. The molecule has 2 heteroatoms. The largest absolute Gasteiger partial charge is 0.159 e. The summed E-state index contributed by atoms with van der Waals surface area (Å²) in [6, 6.07) is 20.0. The highest BCUT2D eigenvalue weighted by Gasteiger charge is 1.81. The number of hydrogen-bond donors (Lipinski definition) is 0. The summed E-state index contributed by atoms with van der Waals surface area (Å²) in [4.78, 5) is 0. The van der Waals surface area contributed by atoms with Crippen molar-refractivity contribution in [1.29, 1.82) is 0 Å². The van der Waals surface area contributed by atoms with Crippen LogP contribution in [0.3, 0.4) is 0 Å². The van der Waals surface area contributed by atoms with E-state index in [0.717, 1.165) is 11.1 Å². The number of hydrogen-bond acceptors (Lipinski definition) is 2. The van der Waals surface area contributed by atoms with Gasteiger partial charge in [0.05, 0.1) is 6.21 Å². The third-order valence-electron chi connectivity index (χ3n) is 2.31. The number of benzene rings is 2. The van der Waals surface area contributed by atoms with E-state index in [0.29, 0.717) is 0 Å². The molecule has 88 valence electrons. The SMILES string of the molecule is C(=C\c1ccccc1)/C=N/N=C/c1ccccc1. The fourth-order valence-electron chi connectivity index (χ4n) is 1.43. The Morgan fingerprint density at radius 3 is 1.94 bits per heavy atom. The minimum atomic E-state index is 1.04. The average Bonchev–Trinajstić information content (AvgIpc) is 2.45. The Labute approximate surface area is 107 Å². The lowest BCUT2D eigenvalue weighted by molar-refractivity contribution is 1.27. The number of nitrogens with zero attached hydrogens (tertiary/aromatic N) is 2. The lowest BCUT2D eigenvalue weighted by Crippen LogP contribution is -1.77. The van der Waals surface area contributed by atoms with Gasteiger partial charge in [-0.05, 0) is 17.2 Å². The standard InChI is InChI=1S/C16H14N2/c1-3-8-15(9-4-1)12-7-13-17-18-14-16-10-5-2-6-11-16/h1-14H/b12-7+,17-13+,18-14+. The molecule has 0 aromatic heterocycles. The van der Waals surface area contributed by atoms with Crippen molar-refractivity contribution in [2.75, 3.05) is 0 Å². The van der Waals surface area contributed by atoms with Crippen LogP contribution in [0.25, 0.3) is 6.08 Å². The van der Waals surface area contributed by atoms with E-state index in [9.17, 15) is 0 Å². The van der Waals surface area contributed by atoms with Crippen LogP contribution in [-0.4, -0.2) is 12.4 Å². The second kappa shape index (κ2) is 6.97. The molecule has 0 atom stereocenters. The highest BCUT2D eigenvalue weighted by molar-refractivity contribution is 5.81. The predicted molar refractivity (Wildman–Crippen MR) is 78.0 cm³/mol. The Morgan fingerprint density at radius 1 is 0.667 bits per heavy atom. The van der Waals surface area contributed by atoms with Gasteiger partial charge >= 0.3 is 0 Å². The first-order valence-corrected chi connectivity index (χ1v) is 5.78.